The Morgan fingerprint density at radius 3 is 0.685 bits per heavy atom. The number of esters is 1. The van der Waals surface area contributed by atoms with Gasteiger partial charge >= 0.3 is 5.97 Å². The van der Waals surface area contributed by atoms with E-state index in [4.69, 9.17) is 4.74 Å². The number of unbranched alkanes of at least 4 members (excludes halogenated alkanes) is 68. The SMILES string of the molecule is CCCCCCCCCCCCCCCCC(O)C(=O)N[C@@H](CO)[C@H](O)[C@H](O)CCCCCCCCCCCCCC.CCCCCCCCCCCCCCCCCC(=O)OCCCCCCCCCCCCC.CCCCCCCCCCCCCCCCCCC(=O)NC(CO)C(O)C(O)CCCCCCCC. The number of rotatable bonds is 89. The molecule has 4 unspecified atom stereocenters. The molecule has 0 aliphatic carbocycles. The highest BCUT2D eigenvalue weighted by atomic mass is 16.5. The van der Waals surface area contributed by atoms with Gasteiger partial charge in [0, 0.05) is 12.8 Å². The first-order chi connectivity index (χ1) is 54.3. The van der Waals surface area contributed by atoms with Gasteiger partial charge in [-0.1, -0.05) is 497 Å². The summed E-state index contributed by atoms with van der Waals surface area (Å²) in [6, 6.07) is -1.77. The van der Waals surface area contributed by atoms with Crippen molar-refractivity contribution in [2.45, 2.75) is 591 Å². The lowest BCUT2D eigenvalue weighted by Crippen LogP contribution is -2.53. The Morgan fingerprint density at radius 2 is 0.441 bits per heavy atom. The van der Waals surface area contributed by atoms with Gasteiger partial charge in [-0.2, -0.15) is 0 Å². The molecule has 9 N–H and O–H groups in total. The minimum atomic E-state index is -1.25. The van der Waals surface area contributed by atoms with Gasteiger partial charge in [-0.15, -0.1) is 0 Å². The molecule has 0 spiro atoms. The maximum absolute atomic E-state index is 12.4. The number of hydrogen-bond donors (Lipinski definition) is 9. The fraction of sp³-hybridized carbons (Fsp3) is 0.969. The van der Waals surface area contributed by atoms with E-state index in [1.165, 1.54) is 385 Å². The molecule has 0 heterocycles. The number of aliphatic hydroxyl groups is 7. The average Bonchev–Trinajstić information content (AvgIpc) is 0.900. The number of ether oxygens (including phenoxy) is 1. The van der Waals surface area contributed by atoms with Crippen LogP contribution in [0.3, 0.4) is 0 Å². The van der Waals surface area contributed by atoms with Crippen LogP contribution in [0, 0.1) is 0 Å². The maximum atomic E-state index is 12.4. The third-order valence-corrected chi connectivity index (χ3v) is 23.3. The first kappa shape index (κ1) is 113. The summed E-state index contributed by atoms with van der Waals surface area (Å²) < 4.78 is 5.40. The lowest BCUT2D eigenvalue weighted by Gasteiger charge is -2.27. The highest BCUT2D eigenvalue weighted by molar-refractivity contribution is 5.80. The Morgan fingerprint density at radius 1 is 0.243 bits per heavy atom. The van der Waals surface area contributed by atoms with E-state index in [1.54, 1.807) is 0 Å². The molecule has 111 heavy (non-hydrogen) atoms. The zero-order valence-electron chi connectivity index (χ0n) is 75.3. The molecular formula is C98H198N2O11. The Bertz CT molecular complexity index is 1780. The Balaban J connectivity index is -0.00000159. The molecule has 13 heteroatoms. The van der Waals surface area contributed by atoms with E-state index < -0.39 is 55.1 Å². The highest BCUT2D eigenvalue weighted by Gasteiger charge is 2.30. The molecule has 2 amide bonds. The second-order valence-corrected chi connectivity index (χ2v) is 34.4. The first-order valence-corrected chi connectivity index (χ1v) is 49.7. The number of amides is 2. The van der Waals surface area contributed by atoms with Gasteiger partial charge in [0.25, 0.3) is 0 Å². The minimum Gasteiger partial charge on any atom is -0.466 e. The van der Waals surface area contributed by atoms with Gasteiger partial charge in [-0.3, -0.25) is 14.4 Å². The van der Waals surface area contributed by atoms with Crippen molar-refractivity contribution in [1.29, 1.82) is 0 Å². The van der Waals surface area contributed by atoms with Crippen LogP contribution >= 0.6 is 0 Å². The second-order valence-electron chi connectivity index (χ2n) is 34.4. The monoisotopic (exact) mass is 1580 g/mol. The predicted octanol–water partition coefficient (Wildman–Crippen LogP) is 27.2. The maximum Gasteiger partial charge on any atom is 0.305 e. The molecule has 0 aromatic carbocycles. The van der Waals surface area contributed by atoms with Gasteiger partial charge in [0.15, 0.2) is 0 Å². The number of carbonyl (C=O) groups excluding carboxylic acids is 3. The molecule has 7 atom stereocenters. The van der Waals surface area contributed by atoms with Crippen LogP contribution in [-0.2, 0) is 19.1 Å². The van der Waals surface area contributed by atoms with Gasteiger partial charge in [0.05, 0.1) is 44.1 Å². The summed E-state index contributed by atoms with van der Waals surface area (Å²) in [6.45, 7) is 13.3. The van der Waals surface area contributed by atoms with E-state index in [0.717, 1.165) is 89.9 Å². The fourth-order valence-corrected chi connectivity index (χ4v) is 15.4. The van der Waals surface area contributed by atoms with E-state index in [2.05, 4.69) is 52.2 Å². The lowest BCUT2D eigenvalue weighted by atomic mass is 9.99. The Labute approximate surface area is 690 Å². The molecule has 0 aromatic heterocycles. The van der Waals surface area contributed by atoms with Crippen molar-refractivity contribution in [3.05, 3.63) is 0 Å². The number of aliphatic hydroxyl groups excluding tert-OH is 7. The van der Waals surface area contributed by atoms with E-state index in [1.807, 2.05) is 0 Å². The summed E-state index contributed by atoms with van der Waals surface area (Å²) in [6.07, 6.45) is 91.8. The van der Waals surface area contributed by atoms with E-state index in [-0.39, 0.29) is 18.5 Å². The van der Waals surface area contributed by atoms with Crippen LogP contribution in [0.2, 0.25) is 0 Å². The van der Waals surface area contributed by atoms with Gasteiger partial charge < -0.3 is 51.1 Å². The minimum absolute atomic E-state index is 0.0248. The average molecular weight is 1580 g/mol. The molecule has 0 aromatic rings. The van der Waals surface area contributed by atoms with Crippen LogP contribution in [0.15, 0.2) is 0 Å². The van der Waals surface area contributed by atoms with Crippen LogP contribution in [0.25, 0.3) is 0 Å². The van der Waals surface area contributed by atoms with Crippen molar-refractivity contribution in [1.82, 2.24) is 10.6 Å². The molecule has 0 bridgehead atoms. The molecule has 0 radical (unpaired) electrons. The predicted molar refractivity (Wildman–Crippen MR) is 478 cm³/mol. The van der Waals surface area contributed by atoms with Crippen molar-refractivity contribution < 1.29 is 54.9 Å². The molecular weight excluding hydrogens is 1380 g/mol. The molecule has 666 valence electrons. The first-order valence-electron chi connectivity index (χ1n) is 49.7. The summed E-state index contributed by atoms with van der Waals surface area (Å²) in [5.74, 6) is -0.706. The van der Waals surface area contributed by atoms with Gasteiger partial charge in [-0.05, 0) is 38.5 Å². The van der Waals surface area contributed by atoms with E-state index in [0.29, 0.717) is 38.7 Å². The van der Waals surface area contributed by atoms with Crippen molar-refractivity contribution in [3.8, 4) is 0 Å². The van der Waals surface area contributed by atoms with E-state index in [9.17, 15) is 50.1 Å². The molecule has 13 nitrogen and oxygen atoms in total. The van der Waals surface area contributed by atoms with Crippen molar-refractivity contribution in [2.24, 2.45) is 0 Å². The van der Waals surface area contributed by atoms with Crippen LogP contribution in [-0.4, -0.2) is 116 Å². The van der Waals surface area contributed by atoms with Crippen LogP contribution in [0.4, 0.5) is 0 Å². The molecule has 0 saturated heterocycles. The third-order valence-electron chi connectivity index (χ3n) is 23.3. The largest absolute Gasteiger partial charge is 0.466 e. The molecule has 0 aliphatic heterocycles. The molecule has 0 aliphatic rings. The highest BCUT2D eigenvalue weighted by Crippen LogP contribution is 2.22. The summed E-state index contributed by atoms with van der Waals surface area (Å²) in [4.78, 5) is 36.5. The summed E-state index contributed by atoms with van der Waals surface area (Å²) >= 11 is 0. The lowest BCUT2D eigenvalue weighted by molar-refractivity contribution is -0.144. The van der Waals surface area contributed by atoms with E-state index >= 15 is 0 Å². The van der Waals surface area contributed by atoms with Gasteiger partial charge in [0.1, 0.15) is 18.3 Å². The fourth-order valence-electron chi connectivity index (χ4n) is 15.4. The van der Waals surface area contributed by atoms with Gasteiger partial charge in [0.2, 0.25) is 11.8 Å². The van der Waals surface area contributed by atoms with Crippen LogP contribution in [0.1, 0.15) is 549 Å². The summed E-state index contributed by atoms with van der Waals surface area (Å²) in [5, 5.41) is 76.3. The summed E-state index contributed by atoms with van der Waals surface area (Å²) in [7, 11) is 0. The van der Waals surface area contributed by atoms with Crippen molar-refractivity contribution in [2.75, 3.05) is 19.8 Å². The summed E-state index contributed by atoms with van der Waals surface area (Å²) in [5.41, 5.74) is 0. The molecule has 0 rings (SSSR count). The number of nitrogens with one attached hydrogen (secondary N) is 2. The number of carbonyl (C=O) groups is 3. The zero-order valence-corrected chi connectivity index (χ0v) is 75.3. The third kappa shape index (κ3) is 88.8. The number of hydrogen-bond acceptors (Lipinski definition) is 11. The van der Waals surface area contributed by atoms with Gasteiger partial charge in [-0.25, -0.2) is 0 Å². The standard InChI is InChI=1S/C36H73NO5.C31H63NO4.C31H62O2/c1-3-5-7-9-11-13-15-17-18-20-22-24-26-28-30-34(40)36(42)37-32(31-38)35(41)33(39)29-27-25-23-21-19-16-14-12-10-8-6-4-2;1-3-5-7-9-11-12-13-14-15-16-17-18-19-20-22-24-26-30(35)32-28(27-33)31(36)29(34)25-23-21-10-8-6-4-2;1-3-5-7-9-11-13-15-16-17-18-19-21-23-25-27-29-31(32)33-30-28-26-24-22-20-14-12-10-8-6-4-2/h32-35,38-41H,3-31H2,1-2H3,(H,37,42);28-29,31,33-34,36H,3-27H2,1-2H3,(H,32,35);3-30H2,1-2H3/t32-,33+,34?,35-;;/m0../s1. The van der Waals surface area contributed by atoms with Crippen molar-refractivity contribution >= 4 is 17.8 Å². The normalized spacial score (nSPS) is 13.4. The zero-order chi connectivity index (χ0) is 81.9. The quantitative estimate of drug-likeness (QED) is 0.0206. The smallest absolute Gasteiger partial charge is 0.305 e. The van der Waals surface area contributed by atoms with Crippen LogP contribution < -0.4 is 10.6 Å². The molecule has 0 saturated carbocycles. The topological polar surface area (TPSA) is 226 Å². The van der Waals surface area contributed by atoms with Crippen LogP contribution in [0.5, 0.6) is 0 Å². The Kier molecular flexibility index (Phi) is 99.0. The Hall–Kier alpha value is -1.87. The second kappa shape index (κ2) is 97.0. The molecule has 0 fully saturated rings. The van der Waals surface area contributed by atoms with Crippen molar-refractivity contribution in [3.63, 3.8) is 0 Å².